The zero-order valence-corrected chi connectivity index (χ0v) is 28.7. The van der Waals surface area contributed by atoms with Crippen molar-refractivity contribution in [2.24, 2.45) is 0 Å². The van der Waals surface area contributed by atoms with E-state index < -0.39 is 0 Å². The van der Waals surface area contributed by atoms with E-state index in [4.69, 9.17) is 24.4 Å². The molecule has 0 atom stereocenters. The molecule has 5 heteroatoms. The van der Waals surface area contributed by atoms with Gasteiger partial charge >= 0.3 is 0 Å². The van der Waals surface area contributed by atoms with Gasteiger partial charge in [0.2, 0.25) is 5.89 Å². The minimum atomic E-state index is -0.274. The maximum Gasteiger partial charge on any atom is 0.227 e. The predicted molar refractivity (Wildman–Crippen MR) is 210 cm³/mol. The summed E-state index contributed by atoms with van der Waals surface area (Å²) in [6.45, 7) is 4.66. The Hall–Kier alpha value is -6.72. The topological polar surface area (TPSA) is 64.7 Å². The second-order valence-electron chi connectivity index (χ2n) is 13.9. The third-order valence-electron chi connectivity index (χ3n) is 10.3. The Balaban J connectivity index is 1.20. The summed E-state index contributed by atoms with van der Waals surface area (Å²) in [6.07, 6.45) is 0. The van der Waals surface area contributed by atoms with Crippen LogP contribution in [0.3, 0.4) is 0 Å². The molecule has 0 spiro atoms. The number of rotatable bonds is 5. The highest BCUT2D eigenvalue weighted by molar-refractivity contribution is 6.16. The summed E-state index contributed by atoms with van der Waals surface area (Å²) in [6, 6.07) is 54.3. The van der Waals surface area contributed by atoms with Crippen molar-refractivity contribution in [3.05, 3.63) is 169 Å². The first-order valence-electron chi connectivity index (χ1n) is 17.6. The van der Waals surface area contributed by atoms with Crippen LogP contribution in [0.5, 0.6) is 0 Å². The van der Waals surface area contributed by atoms with Crippen LogP contribution in [0.4, 0.5) is 0 Å². The van der Waals surface area contributed by atoms with Gasteiger partial charge < -0.3 is 4.42 Å². The monoisotopic (exact) mass is 668 g/mol. The van der Waals surface area contributed by atoms with Gasteiger partial charge in [-0.3, -0.25) is 0 Å². The molecule has 7 aromatic carbocycles. The molecule has 0 bridgehead atoms. The zero-order valence-electron chi connectivity index (χ0n) is 28.7. The van der Waals surface area contributed by atoms with Crippen LogP contribution in [0.1, 0.15) is 25.0 Å². The van der Waals surface area contributed by atoms with Crippen LogP contribution in [-0.2, 0) is 5.41 Å². The standard InChI is InChI=1S/C47H32N4O/c1-47(2)37-24-13-12-23-35(37)40-39-33(25-26-38-42(39)52-46(48-38)31-19-10-5-11-20-31)28-36(41(40)47)32-21-14-22-34(27-32)45-50-43(29-15-6-3-7-16-29)49-44(51-45)30-17-8-4-9-18-30/h3-28H,1-2H3. The van der Waals surface area contributed by atoms with Crippen molar-refractivity contribution in [3.8, 4) is 67.9 Å². The Morgan fingerprint density at radius 3 is 1.69 bits per heavy atom. The van der Waals surface area contributed by atoms with Gasteiger partial charge in [-0.25, -0.2) is 19.9 Å². The van der Waals surface area contributed by atoms with Gasteiger partial charge in [0.1, 0.15) is 5.52 Å². The number of hydrogen-bond acceptors (Lipinski definition) is 5. The van der Waals surface area contributed by atoms with E-state index in [0.717, 1.165) is 49.7 Å². The van der Waals surface area contributed by atoms with Crippen molar-refractivity contribution < 1.29 is 4.42 Å². The molecule has 0 unspecified atom stereocenters. The summed E-state index contributed by atoms with van der Waals surface area (Å²) in [4.78, 5) is 19.9. The summed E-state index contributed by atoms with van der Waals surface area (Å²) in [5.41, 5.74) is 12.4. The molecule has 10 rings (SSSR count). The Morgan fingerprint density at radius 1 is 0.462 bits per heavy atom. The molecule has 1 aliphatic carbocycles. The first-order valence-corrected chi connectivity index (χ1v) is 17.6. The quantitative estimate of drug-likeness (QED) is 0.183. The molecular formula is C47H32N4O. The van der Waals surface area contributed by atoms with E-state index in [-0.39, 0.29) is 5.41 Å². The maximum atomic E-state index is 6.66. The number of fused-ring (bicyclic) bond motifs is 7. The molecule has 0 saturated heterocycles. The number of benzene rings is 7. The Bertz CT molecular complexity index is 2750. The van der Waals surface area contributed by atoms with Gasteiger partial charge in [0.05, 0.1) is 0 Å². The van der Waals surface area contributed by atoms with Crippen LogP contribution in [0.15, 0.2) is 162 Å². The summed E-state index contributed by atoms with van der Waals surface area (Å²) in [5, 5.41) is 2.20. The second-order valence-corrected chi connectivity index (χ2v) is 13.9. The Kier molecular flexibility index (Phi) is 6.77. The third kappa shape index (κ3) is 4.78. The van der Waals surface area contributed by atoms with Gasteiger partial charge in [0.25, 0.3) is 0 Å². The molecular weight excluding hydrogens is 637 g/mol. The summed E-state index contributed by atoms with van der Waals surface area (Å²) in [5.74, 6) is 2.54. The molecule has 0 fully saturated rings. The number of oxazole rings is 1. The smallest absolute Gasteiger partial charge is 0.227 e. The molecule has 246 valence electrons. The van der Waals surface area contributed by atoms with Gasteiger partial charge in [-0.1, -0.05) is 141 Å². The molecule has 1 aliphatic rings. The molecule has 52 heavy (non-hydrogen) atoms. The summed E-state index contributed by atoms with van der Waals surface area (Å²) >= 11 is 0. The number of nitrogens with zero attached hydrogens (tertiary/aromatic N) is 4. The maximum absolute atomic E-state index is 6.66. The first-order chi connectivity index (χ1) is 25.5. The van der Waals surface area contributed by atoms with E-state index in [2.05, 4.69) is 80.6 Å². The van der Waals surface area contributed by atoms with Gasteiger partial charge in [0, 0.05) is 33.1 Å². The number of aromatic nitrogens is 4. The van der Waals surface area contributed by atoms with Crippen molar-refractivity contribution in [2.75, 3.05) is 0 Å². The fourth-order valence-electron chi connectivity index (χ4n) is 7.87. The predicted octanol–water partition coefficient (Wildman–Crippen LogP) is 11.8. The lowest BCUT2D eigenvalue weighted by Gasteiger charge is -2.25. The molecule has 2 heterocycles. The number of hydrogen-bond donors (Lipinski definition) is 0. The molecule has 0 amide bonds. The average Bonchev–Trinajstić information content (AvgIpc) is 3.75. The second kappa shape index (κ2) is 11.7. The lowest BCUT2D eigenvalue weighted by atomic mass is 9.78. The van der Waals surface area contributed by atoms with Gasteiger partial charge in [-0.15, -0.1) is 0 Å². The minimum Gasteiger partial charge on any atom is -0.435 e. The lowest BCUT2D eigenvalue weighted by Crippen LogP contribution is -2.16. The highest BCUT2D eigenvalue weighted by Crippen LogP contribution is 2.56. The summed E-state index contributed by atoms with van der Waals surface area (Å²) in [7, 11) is 0. The van der Waals surface area contributed by atoms with E-state index in [0.29, 0.717) is 23.4 Å². The van der Waals surface area contributed by atoms with Gasteiger partial charge in [-0.2, -0.15) is 0 Å². The molecule has 9 aromatic rings. The Labute approximate surface area is 301 Å². The summed E-state index contributed by atoms with van der Waals surface area (Å²) < 4.78 is 6.66. The molecule has 5 nitrogen and oxygen atoms in total. The van der Waals surface area contributed by atoms with Crippen LogP contribution < -0.4 is 0 Å². The van der Waals surface area contributed by atoms with Crippen molar-refractivity contribution >= 4 is 21.9 Å². The van der Waals surface area contributed by atoms with Crippen LogP contribution >= 0.6 is 0 Å². The largest absolute Gasteiger partial charge is 0.435 e. The first kappa shape index (κ1) is 30.1. The molecule has 2 aromatic heterocycles. The van der Waals surface area contributed by atoms with Crippen molar-refractivity contribution in [3.63, 3.8) is 0 Å². The normalized spacial score (nSPS) is 13.0. The van der Waals surface area contributed by atoms with Crippen molar-refractivity contribution in [1.29, 1.82) is 0 Å². The Morgan fingerprint density at radius 2 is 1.02 bits per heavy atom. The zero-order chi connectivity index (χ0) is 34.8. The van der Waals surface area contributed by atoms with Crippen LogP contribution in [0.25, 0.3) is 89.7 Å². The van der Waals surface area contributed by atoms with Gasteiger partial charge in [0.15, 0.2) is 23.1 Å². The van der Waals surface area contributed by atoms with Crippen molar-refractivity contribution in [1.82, 2.24) is 19.9 Å². The minimum absolute atomic E-state index is 0.274. The SMILES string of the molecule is CC1(C)c2ccccc2-c2c1c(-c1cccc(-c3nc(-c4ccccc4)nc(-c4ccccc4)n3)c1)cc1ccc3nc(-c4ccccc4)oc3c21. The van der Waals surface area contributed by atoms with Crippen molar-refractivity contribution in [2.45, 2.75) is 19.3 Å². The van der Waals surface area contributed by atoms with Crippen LogP contribution in [-0.4, -0.2) is 19.9 Å². The van der Waals surface area contributed by atoms with Crippen LogP contribution in [0, 0.1) is 0 Å². The molecule has 0 aliphatic heterocycles. The van der Waals surface area contributed by atoms with E-state index in [1.54, 1.807) is 0 Å². The van der Waals surface area contributed by atoms with E-state index in [1.165, 1.54) is 27.8 Å². The van der Waals surface area contributed by atoms with E-state index in [9.17, 15) is 0 Å². The molecule has 0 saturated carbocycles. The highest BCUT2D eigenvalue weighted by atomic mass is 16.3. The fraction of sp³-hybridized carbons (Fsp3) is 0.0638. The molecule has 0 radical (unpaired) electrons. The lowest BCUT2D eigenvalue weighted by molar-refractivity contribution is 0.623. The third-order valence-corrected chi connectivity index (χ3v) is 10.3. The average molecular weight is 669 g/mol. The van der Waals surface area contributed by atoms with Crippen LogP contribution in [0.2, 0.25) is 0 Å². The fourth-order valence-corrected chi connectivity index (χ4v) is 7.87. The van der Waals surface area contributed by atoms with Gasteiger partial charge in [-0.05, 0) is 69.1 Å². The van der Waals surface area contributed by atoms with E-state index >= 15 is 0 Å². The van der Waals surface area contributed by atoms with E-state index in [1.807, 2.05) is 91.0 Å². The molecule has 0 N–H and O–H groups in total. The highest BCUT2D eigenvalue weighted by Gasteiger charge is 2.39.